The van der Waals surface area contributed by atoms with Crippen molar-refractivity contribution in [2.24, 2.45) is 0 Å². The van der Waals surface area contributed by atoms with Crippen molar-refractivity contribution in [2.45, 2.75) is 26.5 Å². The molecule has 0 saturated carbocycles. The summed E-state index contributed by atoms with van der Waals surface area (Å²) in [5, 5.41) is 4.98. The van der Waals surface area contributed by atoms with Gasteiger partial charge in [0.1, 0.15) is 5.75 Å². The van der Waals surface area contributed by atoms with Crippen LogP contribution in [0.15, 0.2) is 60.1 Å². The molecule has 0 unspecified atom stereocenters. The van der Waals surface area contributed by atoms with Gasteiger partial charge in [-0.05, 0) is 61.2 Å². The summed E-state index contributed by atoms with van der Waals surface area (Å²) in [5.41, 5.74) is 2.52. The Labute approximate surface area is 151 Å². The molecule has 0 aliphatic rings. The van der Waals surface area contributed by atoms with Gasteiger partial charge in [0.2, 0.25) is 0 Å². The highest BCUT2D eigenvalue weighted by Crippen LogP contribution is 2.25. The first-order valence-electron chi connectivity index (χ1n) is 8.16. The Morgan fingerprint density at radius 3 is 2.64 bits per heavy atom. The molecule has 1 aromatic carbocycles. The second-order valence-electron chi connectivity index (χ2n) is 5.86. The molecule has 0 bridgehead atoms. The van der Waals surface area contributed by atoms with Gasteiger partial charge in [-0.1, -0.05) is 12.1 Å². The van der Waals surface area contributed by atoms with Crippen molar-refractivity contribution in [1.82, 2.24) is 10.3 Å². The smallest absolute Gasteiger partial charge is 0.251 e. The highest BCUT2D eigenvalue weighted by atomic mass is 32.1. The van der Waals surface area contributed by atoms with E-state index in [0.717, 1.165) is 21.9 Å². The zero-order chi connectivity index (χ0) is 17.6. The maximum Gasteiger partial charge on any atom is 0.251 e. The third-order valence-corrected chi connectivity index (χ3v) is 4.45. The molecule has 5 heteroatoms. The quantitative estimate of drug-likeness (QED) is 0.709. The summed E-state index contributed by atoms with van der Waals surface area (Å²) in [6, 6.07) is 15.1. The largest absolute Gasteiger partial charge is 0.491 e. The normalized spacial score (nSPS) is 10.7. The van der Waals surface area contributed by atoms with Gasteiger partial charge in [0.15, 0.2) is 0 Å². The van der Waals surface area contributed by atoms with E-state index in [9.17, 15) is 4.79 Å². The second kappa shape index (κ2) is 7.94. The molecule has 4 nitrogen and oxygen atoms in total. The van der Waals surface area contributed by atoms with Gasteiger partial charge in [0.25, 0.3) is 5.91 Å². The van der Waals surface area contributed by atoms with Crippen LogP contribution in [-0.2, 0) is 6.54 Å². The third-order valence-electron chi connectivity index (χ3n) is 3.57. The Kier molecular flexibility index (Phi) is 5.46. The molecule has 2 heterocycles. The molecule has 0 radical (unpaired) electrons. The van der Waals surface area contributed by atoms with Crippen LogP contribution in [0.1, 0.15) is 29.8 Å². The summed E-state index contributed by atoms with van der Waals surface area (Å²) >= 11 is 1.64. The lowest BCUT2D eigenvalue weighted by molar-refractivity contribution is 0.0951. The fourth-order valence-electron chi connectivity index (χ4n) is 2.45. The van der Waals surface area contributed by atoms with Crippen LogP contribution in [0.4, 0.5) is 0 Å². The van der Waals surface area contributed by atoms with Gasteiger partial charge in [-0.2, -0.15) is 0 Å². The molecule has 1 amide bonds. The van der Waals surface area contributed by atoms with E-state index < -0.39 is 0 Å². The first kappa shape index (κ1) is 17.2. The average molecular weight is 352 g/mol. The van der Waals surface area contributed by atoms with Gasteiger partial charge in [-0.15, -0.1) is 11.3 Å². The predicted molar refractivity (Wildman–Crippen MR) is 101 cm³/mol. The molecule has 1 N–H and O–H groups in total. The number of carbonyl (C=O) groups excluding carboxylic acids is 1. The summed E-state index contributed by atoms with van der Waals surface area (Å²) in [4.78, 5) is 17.9. The Morgan fingerprint density at radius 1 is 1.16 bits per heavy atom. The van der Waals surface area contributed by atoms with E-state index in [1.807, 2.05) is 55.6 Å². The summed E-state index contributed by atoms with van der Waals surface area (Å²) in [5.74, 6) is 0.649. The average Bonchev–Trinajstić information content (AvgIpc) is 3.14. The number of nitrogens with one attached hydrogen (secondary N) is 1. The number of pyridine rings is 1. The van der Waals surface area contributed by atoms with Crippen molar-refractivity contribution in [3.05, 3.63) is 71.2 Å². The minimum atomic E-state index is -0.114. The van der Waals surface area contributed by atoms with E-state index in [1.54, 1.807) is 29.7 Å². The lowest BCUT2D eigenvalue weighted by Gasteiger charge is -2.11. The Balaban J connectivity index is 1.67. The van der Waals surface area contributed by atoms with Crippen molar-refractivity contribution in [2.75, 3.05) is 0 Å². The second-order valence-corrected chi connectivity index (χ2v) is 6.81. The number of aromatic nitrogens is 1. The minimum absolute atomic E-state index is 0.112. The first-order valence-corrected chi connectivity index (χ1v) is 9.04. The maximum atomic E-state index is 12.4. The number of hydrogen-bond donors (Lipinski definition) is 1. The molecule has 3 aromatic rings. The lowest BCUT2D eigenvalue weighted by Crippen LogP contribution is -2.23. The van der Waals surface area contributed by atoms with E-state index in [-0.39, 0.29) is 12.0 Å². The molecule has 2 aromatic heterocycles. The Bertz CT molecular complexity index is 827. The van der Waals surface area contributed by atoms with Crippen LogP contribution in [-0.4, -0.2) is 17.0 Å². The highest BCUT2D eigenvalue weighted by molar-refractivity contribution is 7.13. The van der Waals surface area contributed by atoms with Crippen molar-refractivity contribution >= 4 is 17.2 Å². The van der Waals surface area contributed by atoms with Crippen LogP contribution in [0.25, 0.3) is 10.6 Å². The number of thiophene rings is 1. The van der Waals surface area contributed by atoms with Gasteiger partial charge in [-0.25, -0.2) is 0 Å². The first-order chi connectivity index (χ1) is 12.1. The van der Waals surface area contributed by atoms with Gasteiger partial charge < -0.3 is 10.1 Å². The minimum Gasteiger partial charge on any atom is -0.491 e. The molecule has 128 valence electrons. The topological polar surface area (TPSA) is 51.2 Å². The number of carbonyl (C=O) groups is 1. The van der Waals surface area contributed by atoms with Crippen LogP contribution in [0.2, 0.25) is 0 Å². The van der Waals surface area contributed by atoms with E-state index >= 15 is 0 Å². The molecule has 0 aliphatic heterocycles. The standard InChI is InChI=1S/C20H20N2O2S/c1-14(2)24-17-9-7-15(8-10-17)20(23)22-13-16-5-3-11-21-19(16)18-6-4-12-25-18/h3-12,14H,13H2,1-2H3,(H,22,23). The van der Waals surface area contributed by atoms with Crippen molar-refractivity contribution in [3.8, 4) is 16.3 Å². The number of hydrogen-bond acceptors (Lipinski definition) is 4. The van der Waals surface area contributed by atoms with Gasteiger partial charge >= 0.3 is 0 Å². The van der Waals surface area contributed by atoms with Gasteiger partial charge in [0.05, 0.1) is 16.7 Å². The Hall–Kier alpha value is -2.66. The monoisotopic (exact) mass is 352 g/mol. The van der Waals surface area contributed by atoms with E-state index in [1.165, 1.54) is 0 Å². The van der Waals surface area contributed by atoms with Crippen molar-refractivity contribution in [1.29, 1.82) is 0 Å². The number of benzene rings is 1. The van der Waals surface area contributed by atoms with E-state index in [4.69, 9.17) is 4.74 Å². The molecule has 0 saturated heterocycles. The van der Waals surface area contributed by atoms with Gasteiger partial charge in [-0.3, -0.25) is 9.78 Å². The molecule has 0 fully saturated rings. The third kappa shape index (κ3) is 4.45. The fraction of sp³-hybridized carbons (Fsp3) is 0.200. The van der Waals surface area contributed by atoms with Crippen LogP contribution >= 0.6 is 11.3 Å². The van der Waals surface area contributed by atoms with E-state index in [0.29, 0.717) is 12.1 Å². The number of ether oxygens (including phenoxy) is 1. The lowest BCUT2D eigenvalue weighted by atomic mass is 10.1. The number of amides is 1. The maximum absolute atomic E-state index is 12.4. The molecule has 0 atom stereocenters. The van der Waals surface area contributed by atoms with Crippen LogP contribution in [0, 0.1) is 0 Å². The number of nitrogens with zero attached hydrogens (tertiary/aromatic N) is 1. The molecular formula is C20H20N2O2S. The molecule has 25 heavy (non-hydrogen) atoms. The van der Waals surface area contributed by atoms with Crippen LogP contribution < -0.4 is 10.1 Å². The van der Waals surface area contributed by atoms with Gasteiger partial charge in [0, 0.05) is 18.3 Å². The van der Waals surface area contributed by atoms with Crippen LogP contribution in [0.3, 0.4) is 0 Å². The zero-order valence-electron chi connectivity index (χ0n) is 14.2. The van der Waals surface area contributed by atoms with Crippen LogP contribution in [0.5, 0.6) is 5.75 Å². The summed E-state index contributed by atoms with van der Waals surface area (Å²) in [7, 11) is 0. The predicted octanol–water partition coefficient (Wildman–Crippen LogP) is 4.53. The SMILES string of the molecule is CC(C)Oc1ccc(C(=O)NCc2cccnc2-c2cccs2)cc1. The summed E-state index contributed by atoms with van der Waals surface area (Å²) < 4.78 is 5.60. The van der Waals surface area contributed by atoms with E-state index in [2.05, 4.69) is 10.3 Å². The summed E-state index contributed by atoms with van der Waals surface area (Å²) in [6.07, 6.45) is 1.88. The van der Waals surface area contributed by atoms with Crippen molar-refractivity contribution < 1.29 is 9.53 Å². The fourth-order valence-corrected chi connectivity index (χ4v) is 3.21. The Morgan fingerprint density at radius 2 is 1.96 bits per heavy atom. The zero-order valence-corrected chi connectivity index (χ0v) is 15.0. The van der Waals surface area contributed by atoms with Crippen molar-refractivity contribution in [3.63, 3.8) is 0 Å². The molecule has 0 spiro atoms. The highest BCUT2D eigenvalue weighted by Gasteiger charge is 2.10. The summed E-state index contributed by atoms with van der Waals surface area (Å²) in [6.45, 7) is 4.38. The molecule has 0 aliphatic carbocycles. The molecular weight excluding hydrogens is 332 g/mol. The number of rotatable bonds is 6. The molecule has 3 rings (SSSR count).